The van der Waals surface area contributed by atoms with Gasteiger partial charge in [-0.3, -0.25) is 0 Å². The van der Waals surface area contributed by atoms with Gasteiger partial charge in [0.25, 0.3) is 0 Å². The highest BCUT2D eigenvalue weighted by molar-refractivity contribution is 7.99. The SMILES string of the molecule is Nc1ccc(OCCS(=O)(=O)N2CCCSCC2)cc1. The Bertz CT molecular complexity index is 509. The molecule has 0 amide bonds. The number of nitrogen functional groups attached to an aromatic ring is 1. The Kier molecular flexibility index (Phi) is 5.56. The van der Waals surface area contributed by atoms with Crippen molar-refractivity contribution in [3.8, 4) is 5.75 Å². The van der Waals surface area contributed by atoms with E-state index in [9.17, 15) is 8.42 Å². The van der Waals surface area contributed by atoms with Crippen molar-refractivity contribution >= 4 is 27.5 Å². The van der Waals surface area contributed by atoms with Crippen molar-refractivity contribution in [2.75, 3.05) is 42.7 Å². The van der Waals surface area contributed by atoms with Crippen LogP contribution in [-0.4, -0.2) is 49.7 Å². The van der Waals surface area contributed by atoms with E-state index in [4.69, 9.17) is 10.5 Å². The first-order valence-electron chi connectivity index (χ1n) is 6.62. The van der Waals surface area contributed by atoms with Crippen molar-refractivity contribution in [2.45, 2.75) is 6.42 Å². The van der Waals surface area contributed by atoms with E-state index in [1.165, 1.54) is 0 Å². The van der Waals surface area contributed by atoms with Crippen LogP contribution in [0.4, 0.5) is 5.69 Å². The van der Waals surface area contributed by atoms with Gasteiger partial charge >= 0.3 is 0 Å². The molecule has 1 aromatic carbocycles. The van der Waals surface area contributed by atoms with Crippen LogP contribution in [0.15, 0.2) is 24.3 Å². The minimum atomic E-state index is -3.21. The molecule has 0 unspecified atom stereocenters. The highest BCUT2D eigenvalue weighted by atomic mass is 32.2. The standard InChI is InChI=1S/C13H20N2O3S2/c14-12-2-4-13(5-3-12)18-8-11-20(16,17)15-6-1-9-19-10-7-15/h2-5H,1,6-11,14H2. The van der Waals surface area contributed by atoms with Gasteiger partial charge < -0.3 is 10.5 Å². The third-order valence-corrected chi connectivity index (χ3v) is 5.95. The normalized spacial score (nSPS) is 17.6. The van der Waals surface area contributed by atoms with Crippen LogP contribution in [0.5, 0.6) is 5.75 Å². The lowest BCUT2D eigenvalue weighted by Gasteiger charge is -2.19. The molecular formula is C13H20N2O3S2. The van der Waals surface area contributed by atoms with Crippen molar-refractivity contribution in [3.63, 3.8) is 0 Å². The highest BCUT2D eigenvalue weighted by Gasteiger charge is 2.22. The second-order valence-corrected chi connectivity index (χ2v) is 7.91. The molecule has 0 bridgehead atoms. The number of thioether (sulfide) groups is 1. The van der Waals surface area contributed by atoms with Gasteiger partial charge in [0.2, 0.25) is 10.0 Å². The smallest absolute Gasteiger partial charge is 0.217 e. The fourth-order valence-corrected chi connectivity index (χ4v) is 4.29. The van der Waals surface area contributed by atoms with E-state index in [0.29, 0.717) is 24.5 Å². The number of anilines is 1. The van der Waals surface area contributed by atoms with Gasteiger partial charge in [-0.15, -0.1) is 0 Å². The molecule has 0 aromatic heterocycles. The van der Waals surface area contributed by atoms with E-state index in [1.807, 2.05) is 11.8 Å². The number of sulfonamides is 1. The molecule has 1 saturated heterocycles. The summed E-state index contributed by atoms with van der Waals surface area (Å²) in [4.78, 5) is 0. The minimum Gasteiger partial charge on any atom is -0.492 e. The Morgan fingerprint density at radius 3 is 2.70 bits per heavy atom. The summed E-state index contributed by atoms with van der Waals surface area (Å²) in [6.07, 6.45) is 0.919. The van der Waals surface area contributed by atoms with Crippen molar-refractivity contribution in [1.82, 2.24) is 4.31 Å². The van der Waals surface area contributed by atoms with Crippen LogP contribution in [0.25, 0.3) is 0 Å². The van der Waals surface area contributed by atoms with Crippen LogP contribution in [0, 0.1) is 0 Å². The lowest BCUT2D eigenvalue weighted by Crippen LogP contribution is -2.36. The average molecular weight is 316 g/mol. The van der Waals surface area contributed by atoms with Gasteiger partial charge in [0.05, 0.1) is 5.75 Å². The van der Waals surface area contributed by atoms with Gasteiger partial charge in [-0.1, -0.05) is 0 Å². The van der Waals surface area contributed by atoms with Crippen LogP contribution in [0.3, 0.4) is 0 Å². The maximum absolute atomic E-state index is 12.2. The molecule has 0 aliphatic carbocycles. The third kappa shape index (κ3) is 4.57. The summed E-state index contributed by atoms with van der Waals surface area (Å²) >= 11 is 1.81. The first-order valence-corrected chi connectivity index (χ1v) is 9.38. The average Bonchev–Trinajstić information content (AvgIpc) is 2.70. The Hall–Kier alpha value is -0.920. The Balaban J connectivity index is 1.84. The summed E-state index contributed by atoms with van der Waals surface area (Å²) in [6.45, 7) is 1.39. The van der Waals surface area contributed by atoms with Crippen molar-refractivity contribution in [1.29, 1.82) is 0 Å². The summed E-state index contributed by atoms with van der Waals surface area (Å²) in [7, 11) is -3.21. The van der Waals surface area contributed by atoms with E-state index in [2.05, 4.69) is 0 Å². The highest BCUT2D eigenvalue weighted by Crippen LogP contribution is 2.15. The molecule has 0 atom stereocenters. The van der Waals surface area contributed by atoms with E-state index in [-0.39, 0.29) is 12.4 Å². The lowest BCUT2D eigenvalue weighted by atomic mass is 10.3. The van der Waals surface area contributed by atoms with Crippen LogP contribution in [-0.2, 0) is 10.0 Å². The second-order valence-electron chi connectivity index (χ2n) is 4.60. The molecule has 2 rings (SSSR count). The molecule has 1 aliphatic heterocycles. The van der Waals surface area contributed by atoms with Crippen LogP contribution in [0.2, 0.25) is 0 Å². The lowest BCUT2D eigenvalue weighted by molar-refractivity contribution is 0.335. The molecular weight excluding hydrogens is 296 g/mol. The summed E-state index contributed by atoms with van der Waals surface area (Å²) in [6, 6.07) is 6.95. The summed E-state index contributed by atoms with van der Waals surface area (Å²) in [5.74, 6) is 2.56. The molecule has 1 aromatic rings. The van der Waals surface area contributed by atoms with Crippen molar-refractivity contribution < 1.29 is 13.2 Å². The number of hydrogen-bond donors (Lipinski definition) is 1. The first-order chi connectivity index (χ1) is 9.58. The van der Waals surface area contributed by atoms with E-state index < -0.39 is 10.0 Å². The quantitative estimate of drug-likeness (QED) is 0.832. The van der Waals surface area contributed by atoms with Gasteiger partial charge in [-0.2, -0.15) is 11.8 Å². The number of benzene rings is 1. The maximum Gasteiger partial charge on any atom is 0.217 e. The van der Waals surface area contributed by atoms with Crippen molar-refractivity contribution in [3.05, 3.63) is 24.3 Å². The van der Waals surface area contributed by atoms with Gasteiger partial charge in [0.15, 0.2) is 0 Å². The number of hydrogen-bond acceptors (Lipinski definition) is 5. The van der Waals surface area contributed by atoms with Gasteiger partial charge in [-0.25, -0.2) is 12.7 Å². The molecule has 20 heavy (non-hydrogen) atoms. The molecule has 1 heterocycles. The second kappa shape index (κ2) is 7.19. The predicted octanol–water partition coefficient (Wildman–Crippen LogP) is 1.42. The van der Waals surface area contributed by atoms with Crippen LogP contribution < -0.4 is 10.5 Å². The fourth-order valence-electron chi connectivity index (χ4n) is 1.96. The molecule has 112 valence electrons. The predicted molar refractivity (Wildman–Crippen MR) is 83.7 cm³/mol. The third-order valence-electron chi connectivity index (χ3n) is 3.06. The number of nitrogens with zero attached hydrogens (tertiary/aromatic N) is 1. The number of rotatable bonds is 5. The Morgan fingerprint density at radius 2 is 1.95 bits per heavy atom. The minimum absolute atomic E-state index is 0.0159. The number of nitrogens with two attached hydrogens (primary N) is 1. The molecule has 0 radical (unpaired) electrons. The summed E-state index contributed by atoms with van der Waals surface area (Å²) in [5, 5.41) is 0. The van der Waals surface area contributed by atoms with Crippen LogP contribution in [0.1, 0.15) is 6.42 Å². The molecule has 0 spiro atoms. The Labute approximate surface area is 124 Å². The Morgan fingerprint density at radius 1 is 1.20 bits per heavy atom. The van der Waals surface area contributed by atoms with Gasteiger partial charge in [0.1, 0.15) is 12.4 Å². The van der Waals surface area contributed by atoms with E-state index in [1.54, 1.807) is 28.6 Å². The molecule has 5 nitrogen and oxygen atoms in total. The zero-order chi connectivity index (χ0) is 14.4. The topological polar surface area (TPSA) is 72.6 Å². The molecule has 7 heteroatoms. The van der Waals surface area contributed by atoms with E-state index in [0.717, 1.165) is 17.9 Å². The maximum atomic E-state index is 12.2. The van der Waals surface area contributed by atoms with Crippen molar-refractivity contribution in [2.24, 2.45) is 0 Å². The molecule has 2 N–H and O–H groups in total. The van der Waals surface area contributed by atoms with Gasteiger partial charge in [0, 0.05) is 24.5 Å². The molecule has 1 fully saturated rings. The monoisotopic (exact) mass is 316 g/mol. The zero-order valence-corrected chi connectivity index (χ0v) is 13.0. The largest absolute Gasteiger partial charge is 0.492 e. The summed E-state index contributed by atoms with van der Waals surface area (Å²) < 4.78 is 31.4. The zero-order valence-electron chi connectivity index (χ0n) is 11.3. The first kappa shape index (κ1) is 15.5. The van der Waals surface area contributed by atoms with E-state index >= 15 is 0 Å². The fraction of sp³-hybridized carbons (Fsp3) is 0.538. The summed E-state index contributed by atoms with van der Waals surface area (Å²) in [5.41, 5.74) is 6.24. The molecule has 0 saturated carbocycles. The van der Waals surface area contributed by atoms with Crippen LogP contribution >= 0.6 is 11.8 Å². The molecule has 1 aliphatic rings. The number of ether oxygens (including phenoxy) is 1. The van der Waals surface area contributed by atoms with Gasteiger partial charge in [-0.05, 0) is 36.4 Å².